The van der Waals surface area contributed by atoms with E-state index in [1.165, 1.54) is 30.5 Å². The quantitative estimate of drug-likeness (QED) is 0.224. The van der Waals surface area contributed by atoms with Gasteiger partial charge in [0, 0.05) is 12.1 Å². The number of nitrogens with one attached hydrogen (secondary N) is 2. The molecule has 1 atom stereocenters. The molecule has 3 aromatic carbocycles. The van der Waals surface area contributed by atoms with Gasteiger partial charge in [0.05, 0.1) is 23.2 Å². The summed E-state index contributed by atoms with van der Waals surface area (Å²) in [6, 6.07) is 22.5. The summed E-state index contributed by atoms with van der Waals surface area (Å²) in [5.74, 6) is -0.170. The lowest BCUT2D eigenvalue weighted by Crippen LogP contribution is -2.28. The number of nitrogens with zero attached hydrogens (tertiary/aromatic N) is 4. The van der Waals surface area contributed by atoms with Crippen molar-refractivity contribution in [2.45, 2.75) is 25.5 Å². The Balaban J connectivity index is 1.32. The van der Waals surface area contributed by atoms with Crippen molar-refractivity contribution in [3.63, 3.8) is 0 Å². The van der Waals surface area contributed by atoms with Crippen LogP contribution in [0.3, 0.4) is 0 Å². The zero-order valence-electron chi connectivity index (χ0n) is 21.7. The molecule has 1 saturated heterocycles. The third-order valence-corrected chi connectivity index (χ3v) is 6.98. The first-order valence-electron chi connectivity index (χ1n) is 12.4. The first-order chi connectivity index (χ1) is 19.4. The smallest absolute Gasteiger partial charge is 0.240 e. The van der Waals surface area contributed by atoms with Gasteiger partial charge in [-0.3, -0.25) is 9.59 Å². The average Bonchev–Trinajstić information content (AvgIpc) is 3.45. The largest absolute Gasteiger partial charge is 0.438 e. The molecule has 1 aliphatic rings. The fourth-order valence-corrected chi connectivity index (χ4v) is 4.79. The molecule has 1 aliphatic heterocycles. The molecule has 0 bridgehead atoms. The third-order valence-electron chi connectivity index (χ3n) is 5.91. The van der Waals surface area contributed by atoms with Gasteiger partial charge in [-0.05, 0) is 62.4 Å². The van der Waals surface area contributed by atoms with Gasteiger partial charge in [-0.15, -0.1) is 5.10 Å². The van der Waals surface area contributed by atoms with E-state index in [1.54, 1.807) is 11.6 Å². The summed E-state index contributed by atoms with van der Waals surface area (Å²) in [4.78, 5) is 24.9. The predicted octanol–water partition coefficient (Wildman–Crippen LogP) is 5.37. The van der Waals surface area contributed by atoms with Crippen molar-refractivity contribution in [2.75, 3.05) is 5.32 Å². The predicted molar refractivity (Wildman–Crippen MR) is 154 cm³/mol. The molecular weight excluding hydrogens is 531 g/mol. The number of hydrogen-bond acceptors (Lipinski definition) is 7. The lowest BCUT2D eigenvalue weighted by molar-refractivity contribution is -0.122. The normalized spacial score (nSPS) is 15.9. The summed E-state index contributed by atoms with van der Waals surface area (Å²) in [6.07, 6.45) is 1.48. The van der Waals surface area contributed by atoms with Gasteiger partial charge >= 0.3 is 0 Å². The molecule has 0 saturated carbocycles. The van der Waals surface area contributed by atoms with Crippen LogP contribution in [0.2, 0.25) is 0 Å². The lowest BCUT2D eigenvalue weighted by Gasteiger charge is -2.10. The summed E-state index contributed by atoms with van der Waals surface area (Å²) >= 11 is 1.14. The van der Waals surface area contributed by atoms with E-state index in [0.29, 0.717) is 28.6 Å². The van der Waals surface area contributed by atoms with E-state index in [0.717, 1.165) is 23.0 Å². The highest BCUT2D eigenvalue weighted by Gasteiger charge is 2.32. The topological polar surface area (TPSA) is 110 Å². The van der Waals surface area contributed by atoms with E-state index < -0.39 is 5.25 Å². The van der Waals surface area contributed by atoms with Gasteiger partial charge in [0.25, 0.3) is 0 Å². The van der Waals surface area contributed by atoms with E-state index in [9.17, 15) is 14.0 Å². The van der Waals surface area contributed by atoms with Gasteiger partial charge in [-0.25, -0.2) is 4.39 Å². The molecule has 0 aliphatic carbocycles. The van der Waals surface area contributed by atoms with Crippen molar-refractivity contribution in [1.29, 1.82) is 0 Å². The molecule has 40 heavy (non-hydrogen) atoms. The number of para-hydroxylation sites is 1. The number of rotatable bonds is 8. The summed E-state index contributed by atoms with van der Waals surface area (Å²) in [7, 11) is 0. The van der Waals surface area contributed by atoms with Crippen LogP contribution in [0.25, 0.3) is 5.69 Å². The second-order valence-electron chi connectivity index (χ2n) is 8.97. The molecule has 5 rings (SSSR count). The Morgan fingerprint density at radius 3 is 2.55 bits per heavy atom. The van der Waals surface area contributed by atoms with Crippen molar-refractivity contribution in [3.8, 4) is 17.3 Å². The molecule has 1 aromatic heterocycles. The Hall–Kier alpha value is -4.77. The van der Waals surface area contributed by atoms with E-state index in [1.807, 2.05) is 61.5 Å². The van der Waals surface area contributed by atoms with Gasteiger partial charge in [0.2, 0.25) is 17.7 Å². The molecule has 4 aromatic rings. The molecule has 2 N–H and O–H groups in total. The number of amidine groups is 1. The van der Waals surface area contributed by atoms with Crippen LogP contribution in [0.4, 0.5) is 10.1 Å². The Bertz CT molecular complexity index is 1580. The zero-order valence-corrected chi connectivity index (χ0v) is 22.5. The maximum Gasteiger partial charge on any atom is 0.240 e. The van der Waals surface area contributed by atoms with Crippen LogP contribution >= 0.6 is 11.8 Å². The van der Waals surface area contributed by atoms with Crippen LogP contribution in [0.15, 0.2) is 89.1 Å². The fraction of sp³-hybridized carbons (Fsp3) is 0.138. The Morgan fingerprint density at radius 1 is 1.10 bits per heavy atom. The summed E-state index contributed by atoms with van der Waals surface area (Å²) in [5, 5.41) is 18.0. The highest BCUT2D eigenvalue weighted by Crippen LogP contribution is 2.30. The number of amides is 2. The zero-order chi connectivity index (χ0) is 28.1. The monoisotopic (exact) mass is 556 g/mol. The van der Waals surface area contributed by atoms with Gasteiger partial charge in [-0.2, -0.15) is 14.9 Å². The minimum Gasteiger partial charge on any atom is -0.438 e. The Kier molecular flexibility index (Phi) is 8.02. The van der Waals surface area contributed by atoms with E-state index in [2.05, 4.69) is 25.9 Å². The van der Waals surface area contributed by atoms with Crippen LogP contribution in [-0.4, -0.2) is 38.2 Å². The molecule has 0 radical (unpaired) electrons. The summed E-state index contributed by atoms with van der Waals surface area (Å²) in [5.41, 5.74) is 3.70. The van der Waals surface area contributed by atoms with Crippen LogP contribution in [0.1, 0.15) is 23.2 Å². The second kappa shape index (κ2) is 12.0. The number of ether oxygens (including phenoxy) is 1. The standard InChI is InChI=1S/C29H25FN6O3S/c1-18-8-12-21(13-9-18)32-26(37)16-25-27(38)33-29(40-25)34-31-17-24-19(2)35-36(22-6-4-3-5-7-22)28(24)39-23-14-10-20(30)11-15-23/h3-15,17,25H,16H2,1-2H3,(H,32,37)(H,33,34,38). The Morgan fingerprint density at radius 2 is 1.82 bits per heavy atom. The molecule has 0 spiro atoms. The fourth-order valence-electron chi connectivity index (χ4n) is 3.87. The number of anilines is 1. The van der Waals surface area contributed by atoms with Crippen LogP contribution < -0.4 is 15.4 Å². The van der Waals surface area contributed by atoms with Gasteiger partial charge in [-0.1, -0.05) is 47.7 Å². The number of aryl methyl sites for hydroxylation is 2. The van der Waals surface area contributed by atoms with Crippen LogP contribution in [0, 0.1) is 19.7 Å². The molecule has 2 amide bonds. The summed E-state index contributed by atoms with van der Waals surface area (Å²) in [6.45, 7) is 3.77. The minimum atomic E-state index is -0.626. The second-order valence-corrected chi connectivity index (χ2v) is 10.2. The molecule has 202 valence electrons. The molecule has 2 heterocycles. The van der Waals surface area contributed by atoms with Crippen molar-refractivity contribution in [3.05, 3.63) is 102 Å². The molecular formula is C29H25FN6O3S. The maximum atomic E-state index is 13.4. The first-order valence-corrected chi connectivity index (χ1v) is 13.3. The SMILES string of the molecule is Cc1ccc(NC(=O)CC2S/C(=N/N=Cc3c(C)nn(-c4ccccc4)c3Oc3ccc(F)cc3)NC2=O)cc1. The number of thioether (sulfide) groups is 1. The average molecular weight is 557 g/mol. The highest BCUT2D eigenvalue weighted by atomic mass is 32.2. The number of halogens is 1. The van der Waals surface area contributed by atoms with Gasteiger partial charge < -0.3 is 15.4 Å². The number of hydrogen-bond donors (Lipinski definition) is 2. The van der Waals surface area contributed by atoms with Crippen molar-refractivity contribution in [2.24, 2.45) is 10.2 Å². The van der Waals surface area contributed by atoms with Crippen molar-refractivity contribution in [1.82, 2.24) is 15.1 Å². The van der Waals surface area contributed by atoms with Crippen LogP contribution in [-0.2, 0) is 9.59 Å². The molecule has 11 heteroatoms. The number of aromatic nitrogens is 2. The molecule has 1 unspecified atom stereocenters. The number of benzene rings is 3. The van der Waals surface area contributed by atoms with Gasteiger partial charge in [0.15, 0.2) is 5.17 Å². The van der Waals surface area contributed by atoms with E-state index >= 15 is 0 Å². The molecule has 1 fully saturated rings. The number of carbonyl (C=O) groups is 2. The van der Waals surface area contributed by atoms with E-state index in [4.69, 9.17) is 4.74 Å². The van der Waals surface area contributed by atoms with Crippen molar-refractivity contribution < 1.29 is 18.7 Å². The highest BCUT2D eigenvalue weighted by molar-refractivity contribution is 8.15. The minimum absolute atomic E-state index is 0.00821. The van der Waals surface area contributed by atoms with Crippen molar-refractivity contribution >= 4 is 40.6 Å². The van der Waals surface area contributed by atoms with E-state index in [-0.39, 0.29) is 29.2 Å². The molecule has 9 nitrogen and oxygen atoms in total. The van der Waals surface area contributed by atoms with Gasteiger partial charge in [0.1, 0.15) is 16.8 Å². The first kappa shape index (κ1) is 26.8. The number of carbonyl (C=O) groups excluding carboxylic acids is 2. The third kappa shape index (κ3) is 6.44. The lowest BCUT2D eigenvalue weighted by atomic mass is 10.2. The Labute approximate surface area is 234 Å². The summed E-state index contributed by atoms with van der Waals surface area (Å²) < 4.78 is 21.2. The van der Waals surface area contributed by atoms with Crippen LogP contribution in [0.5, 0.6) is 11.6 Å². The maximum absolute atomic E-state index is 13.4.